The van der Waals surface area contributed by atoms with Crippen LogP contribution in [0.5, 0.6) is 0 Å². The highest BCUT2D eigenvalue weighted by Gasteiger charge is 2.31. The van der Waals surface area contributed by atoms with Crippen molar-refractivity contribution in [1.82, 2.24) is 4.90 Å². The van der Waals surface area contributed by atoms with E-state index in [1.54, 1.807) is 6.07 Å². The van der Waals surface area contributed by atoms with E-state index in [2.05, 4.69) is 5.16 Å². The molecular weight excluding hydrogens is 421 g/mol. The molecule has 0 fully saturated rings. The summed E-state index contributed by atoms with van der Waals surface area (Å²) in [6.07, 6.45) is -4.35. The number of hydrogen-bond acceptors (Lipinski definition) is 4. The van der Waals surface area contributed by atoms with E-state index in [4.69, 9.17) is 21.2 Å². The van der Waals surface area contributed by atoms with Gasteiger partial charge in [0.15, 0.2) is 6.10 Å². The Labute approximate surface area is 177 Å². The summed E-state index contributed by atoms with van der Waals surface area (Å²) >= 11 is 6.20. The Bertz CT molecular complexity index is 916. The minimum absolute atomic E-state index is 0.127. The Morgan fingerprint density at radius 2 is 1.93 bits per heavy atom. The average Bonchev–Trinajstić information content (AvgIpc) is 3.16. The van der Waals surface area contributed by atoms with Crippen LogP contribution in [0.4, 0.5) is 13.2 Å². The Morgan fingerprint density at radius 1 is 1.23 bits per heavy atom. The predicted molar refractivity (Wildman–Crippen MR) is 106 cm³/mol. The van der Waals surface area contributed by atoms with E-state index in [9.17, 15) is 18.0 Å². The second kappa shape index (κ2) is 9.49. The number of carbonyl (C=O) groups excluding carboxylic acids is 1. The summed E-state index contributed by atoms with van der Waals surface area (Å²) < 4.78 is 43.2. The molecule has 5 nitrogen and oxygen atoms in total. The number of nitrogens with zero attached hydrogens (tertiary/aromatic N) is 2. The van der Waals surface area contributed by atoms with Crippen molar-refractivity contribution in [3.8, 4) is 0 Å². The number of alkyl halides is 3. The molecule has 2 aromatic carbocycles. The Morgan fingerprint density at radius 3 is 2.57 bits per heavy atom. The van der Waals surface area contributed by atoms with Gasteiger partial charge < -0.3 is 14.5 Å². The Balaban J connectivity index is 1.68. The first-order valence-corrected chi connectivity index (χ1v) is 9.56. The van der Waals surface area contributed by atoms with E-state index in [-0.39, 0.29) is 25.6 Å². The summed E-state index contributed by atoms with van der Waals surface area (Å²) in [6, 6.07) is 12.0. The first-order valence-electron chi connectivity index (χ1n) is 9.18. The second-order valence-electron chi connectivity index (χ2n) is 6.85. The van der Waals surface area contributed by atoms with Crippen molar-refractivity contribution < 1.29 is 27.5 Å². The molecule has 1 heterocycles. The van der Waals surface area contributed by atoms with Crippen LogP contribution in [-0.2, 0) is 27.1 Å². The molecule has 0 aromatic heterocycles. The molecule has 1 atom stereocenters. The molecule has 0 saturated heterocycles. The zero-order chi connectivity index (χ0) is 21.7. The summed E-state index contributed by atoms with van der Waals surface area (Å²) in [7, 11) is 1.40. The fraction of sp³-hybridized carbons (Fsp3) is 0.333. The molecular formula is C21H20ClF3N2O3. The molecule has 9 heteroatoms. The molecule has 1 aliphatic rings. The Hall–Kier alpha value is -2.58. The normalized spacial score (nSPS) is 16.2. The fourth-order valence-corrected chi connectivity index (χ4v) is 3.36. The molecule has 0 radical (unpaired) electrons. The summed E-state index contributed by atoms with van der Waals surface area (Å²) in [5, 5.41) is 4.64. The lowest BCUT2D eigenvalue weighted by atomic mass is 10.0. The number of amides is 1. The van der Waals surface area contributed by atoms with Gasteiger partial charge in [0.25, 0.3) is 0 Å². The molecule has 0 spiro atoms. The van der Waals surface area contributed by atoms with Crippen molar-refractivity contribution in [3.63, 3.8) is 0 Å². The van der Waals surface area contributed by atoms with Crippen LogP contribution in [-0.4, -0.2) is 42.9 Å². The third-order valence-electron chi connectivity index (χ3n) is 4.62. The average molecular weight is 441 g/mol. The highest BCUT2D eigenvalue weighted by atomic mass is 35.5. The maximum atomic E-state index is 12.8. The van der Waals surface area contributed by atoms with E-state index in [0.717, 1.165) is 17.7 Å². The van der Waals surface area contributed by atoms with Crippen LogP contribution in [0.25, 0.3) is 0 Å². The monoisotopic (exact) mass is 440 g/mol. The number of oxime groups is 1. The van der Waals surface area contributed by atoms with Crippen LogP contribution < -0.4 is 0 Å². The molecule has 0 bridgehead atoms. The van der Waals surface area contributed by atoms with Gasteiger partial charge in [0.1, 0.15) is 6.61 Å². The van der Waals surface area contributed by atoms with Gasteiger partial charge in [-0.1, -0.05) is 47.1 Å². The standard InChI is InChI=1S/C21H20ClF3N2O3/c1-29-13-20(28)27(11-14-6-8-15(9-7-14)21(23,24)25)12-16-10-19(26-30-16)17-4-2-3-5-18(17)22/h2-9,16H,10-13H2,1H3/t16-/m1/s1. The maximum Gasteiger partial charge on any atom is 0.416 e. The lowest BCUT2D eigenvalue weighted by Crippen LogP contribution is -2.39. The summed E-state index contributed by atoms with van der Waals surface area (Å²) in [5.41, 5.74) is 1.27. The third kappa shape index (κ3) is 5.52. The number of ether oxygens (including phenoxy) is 1. The number of benzene rings is 2. The smallest absolute Gasteiger partial charge is 0.390 e. The number of halogens is 4. The maximum absolute atomic E-state index is 12.8. The summed E-state index contributed by atoms with van der Waals surface area (Å²) in [6.45, 7) is 0.188. The van der Waals surface area contributed by atoms with E-state index in [0.29, 0.717) is 22.7 Å². The van der Waals surface area contributed by atoms with Gasteiger partial charge in [-0.3, -0.25) is 4.79 Å². The summed E-state index contributed by atoms with van der Waals surface area (Å²) in [5.74, 6) is -0.299. The van der Waals surface area contributed by atoms with Crippen LogP contribution in [0, 0.1) is 0 Å². The van der Waals surface area contributed by atoms with Gasteiger partial charge in [-0.2, -0.15) is 13.2 Å². The quantitative estimate of drug-likeness (QED) is 0.635. The second-order valence-corrected chi connectivity index (χ2v) is 7.26. The van der Waals surface area contributed by atoms with Gasteiger partial charge in [0, 0.05) is 30.7 Å². The van der Waals surface area contributed by atoms with E-state index in [1.807, 2.05) is 18.2 Å². The highest BCUT2D eigenvalue weighted by Crippen LogP contribution is 2.29. The minimum Gasteiger partial charge on any atom is -0.390 e. The number of rotatable bonds is 7. The van der Waals surface area contributed by atoms with Gasteiger partial charge >= 0.3 is 6.18 Å². The van der Waals surface area contributed by atoms with Gasteiger partial charge in [-0.15, -0.1) is 0 Å². The molecule has 1 amide bonds. The first kappa shape index (κ1) is 22.1. The van der Waals surface area contributed by atoms with Crippen LogP contribution in [0.15, 0.2) is 53.7 Å². The van der Waals surface area contributed by atoms with Gasteiger partial charge in [0.05, 0.1) is 17.8 Å². The summed E-state index contributed by atoms with van der Waals surface area (Å²) in [4.78, 5) is 19.4. The fourth-order valence-electron chi connectivity index (χ4n) is 3.12. The third-order valence-corrected chi connectivity index (χ3v) is 4.95. The van der Waals surface area contributed by atoms with E-state index >= 15 is 0 Å². The van der Waals surface area contributed by atoms with Crippen molar-refractivity contribution in [2.24, 2.45) is 5.16 Å². The predicted octanol–water partition coefficient (Wildman–Crippen LogP) is 4.53. The van der Waals surface area contributed by atoms with Crippen LogP contribution in [0.1, 0.15) is 23.1 Å². The number of hydrogen-bond donors (Lipinski definition) is 0. The first-order chi connectivity index (χ1) is 14.3. The van der Waals surface area contributed by atoms with Crippen molar-refractivity contribution in [3.05, 3.63) is 70.2 Å². The van der Waals surface area contributed by atoms with Crippen molar-refractivity contribution in [2.75, 3.05) is 20.3 Å². The molecule has 160 valence electrons. The van der Waals surface area contributed by atoms with Crippen LogP contribution >= 0.6 is 11.6 Å². The van der Waals surface area contributed by atoms with Crippen molar-refractivity contribution in [2.45, 2.75) is 25.2 Å². The van der Waals surface area contributed by atoms with Gasteiger partial charge in [-0.05, 0) is 23.8 Å². The zero-order valence-electron chi connectivity index (χ0n) is 16.2. The zero-order valence-corrected chi connectivity index (χ0v) is 16.9. The van der Waals surface area contributed by atoms with E-state index < -0.39 is 17.8 Å². The molecule has 0 aliphatic carbocycles. The van der Waals surface area contributed by atoms with Crippen molar-refractivity contribution in [1.29, 1.82) is 0 Å². The topological polar surface area (TPSA) is 51.1 Å². The lowest BCUT2D eigenvalue weighted by molar-refractivity contribution is -0.138. The Kier molecular flexibility index (Phi) is 6.99. The largest absolute Gasteiger partial charge is 0.416 e. The molecule has 30 heavy (non-hydrogen) atoms. The minimum atomic E-state index is -4.41. The molecule has 0 N–H and O–H groups in total. The van der Waals surface area contributed by atoms with Gasteiger partial charge in [-0.25, -0.2) is 0 Å². The number of carbonyl (C=O) groups is 1. The molecule has 0 unspecified atom stereocenters. The lowest BCUT2D eigenvalue weighted by Gasteiger charge is -2.25. The SMILES string of the molecule is COCC(=O)N(Cc1ccc(C(F)(F)F)cc1)C[C@H]1CC(c2ccccc2Cl)=NO1. The van der Waals surface area contributed by atoms with Crippen molar-refractivity contribution >= 4 is 23.2 Å². The van der Waals surface area contributed by atoms with Crippen LogP contribution in [0.2, 0.25) is 5.02 Å². The highest BCUT2D eigenvalue weighted by molar-refractivity contribution is 6.34. The van der Waals surface area contributed by atoms with E-state index in [1.165, 1.54) is 24.1 Å². The molecule has 2 aromatic rings. The van der Waals surface area contributed by atoms with Gasteiger partial charge in [0.2, 0.25) is 5.91 Å². The van der Waals surface area contributed by atoms with Crippen LogP contribution in [0.3, 0.4) is 0 Å². The molecule has 1 aliphatic heterocycles. The molecule has 3 rings (SSSR count). The molecule has 0 saturated carbocycles. The number of methoxy groups -OCH3 is 1.